The van der Waals surface area contributed by atoms with Gasteiger partial charge >= 0.3 is 0 Å². The highest BCUT2D eigenvalue weighted by Gasteiger charge is 2.51. The second-order valence-corrected chi connectivity index (χ2v) is 14.5. The van der Waals surface area contributed by atoms with Gasteiger partial charge in [-0.05, 0) is 68.4 Å². The van der Waals surface area contributed by atoms with Crippen LogP contribution in [-0.4, -0.2) is 78.6 Å². The molecule has 4 amide bonds. The van der Waals surface area contributed by atoms with Gasteiger partial charge in [0.1, 0.15) is 23.2 Å². The Morgan fingerprint density at radius 2 is 1.73 bits per heavy atom. The van der Waals surface area contributed by atoms with Gasteiger partial charge in [-0.3, -0.25) is 24.0 Å². The number of aromatic nitrogens is 3. The zero-order valence-corrected chi connectivity index (χ0v) is 28.1. The van der Waals surface area contributed by atoms with Crippen LogP contribution in [0.5, 0.6) is 0 Å². The molecule has 1 aromatic heterocycles. The number of hydrogen-bond donors (Lipinski definition) is 4. The lowest BCUT2D eigenvalue weighted by molar-refractivity contribution is -0.147. The molecule has 2 heterocycles. The maximum Gasteiger partial charge on any atom is 0.287 e. The van der Waals surface area contributed by atoms with Crippen molar-refractivity contribution < 1.29 is 29.1 Å². The minimum Gasteiger partial charge on any atom is -0.384 e. The van der Waals surface area contributed by atoms with E-state index < -0.39 is 58.7 Å². The SMILES string of the molecule is CC(C)(O)c1cnnn1[C@H]1C[C@@H](C(=O)NC2(C(=O)C(N)=O)CCC2)N(C(=O)[C@@H](CC2CCCCC2)NC(=O)c2ccc3ccccc3c2)C1. The lowest BCUT2D eigenvalue weighted by Gasteiger charge is -2.41. The summed E-state index contributed by atoms with van der Waals surface area (Å²) in [6.07, 6.45) is 8.23. The molecule has 0 spiro atoms. The molecule has 0 unspecified atom stereocenters. The number of fused-ring (bicyclic) bond motifs is 1. The molecule has 3 aliphatic rings. The Morgan fingerprint density at radius 1 is 1.02 bits per heavy atom. The van der Waals surface area contributed by atoms with E-state index in [-0.39, 0.29) is 31.7 Å². The van der Waals surface area contributed by atoms with Crippen LogP contribution in [0.2, 0.25) is 0 Å². The fourth-order valence-electron chi connectivity index (χ4n) is 7.68. The fourth-order valence-corrected chi connectivity index (χ4v) is 7.68. The standard InChI is InChI=1S/C36H45N7O6/c1-35(2,49)29-20-38-41-43(29)26-19-28(33(47)40-36(15-8-16-36)30(44)31(37)45)42(21-26)34(48)27(17-22-9-4-3-5-10-22)39-32(46)25-14-13-23-11-6-7-12-24(23)18-25/h6-7,11-14,18,20,22,26-28,49H,3-5,8-10,15-17,19,21H2,1-2H3,(H2,37,45)(H,39,46)(H,40,47)/t26-,27+,28-/m0/s1. The minimum absolute atomic E-state index is 0.0487. The zero-order chi connectivity index (χ0) is 34.9. The number of rotatable bonds is 11. The highest BCUT2D eigenvalue weighted by Crippen LogP contribution is 2.36. The third kappa shape index (κ3) is 7.08. The molecule has 3 aromatic rings. The van der Waals surface area contributed by atoms with Crippen LogP contribution in [0.4, 0.5) is 0 Å². The molecular formula is C36H45N7O6. The summed E-state index contributed by atoms with van der Waals surface area (Å²) < 4.78 is 1.53. The van der Waals surface area contributed by atoms with Gasteiger partial charge in [-0.2, -0.15) is 0 Å². The molecule has 1 saturated heterocycles. The first-order chi connectivity index (χ1) is 23.4. The largest absolute Gasteiger partial charge is 0.384 e. The average Bonchev–Trinajstić information content (AvgIpc) is 3.74. The Kier molecular flexibility index (Phi) is 9.56. The number of amides is 4. The number of nitrogens with one attached hydrogen (secondary N) is 2. The topological polar surface area (TPSA) is 190 Å². The van der Waals surface area contributed by atoms with Crippen molar-refractivity contribution in [2.24, 2.45) is 11.7 Å². The van der Waals surface area contributed by atoms with Crippen molar-refractivity contribution in [3.05, 3.63) is 59.9 Å². The molecule has 49 heavy (non-hydrogen) atoms. The number of ketones is 1. The van der Waals surface area contributed by atoms with Gasteiger partial charge in [0, 0.05) is 18.5 Å². The summed E-state index contributed by atoms with van der Waals surface area (Å²) in [5.41, 5.74) is 3.46. The lowest BCUT2D eigenvalue weighted by atomic mass is 9.73. The van der Waals surface area contributed by atoms with E-state index in [0.717, 1.165) is 42.9 Å². The van der Waals surface area contributed by atoms with E-state index in [1.807, 2.05) is 30.3 Å². The molecule has 13 heteroatoms. The molecule has 5 N–H and O–H groups in total. The van der Waals surface area contributed by atoms with Crippen LogP contribution in [-0.2, 0) is 24.8 Å². The van der Waals surface area contributed by atoms with Gasteiger partial charge in [0.05, 0.1) is 17.9 Å². The van der Waals surface area contributed by atoms with E-state index in [9.17, 15) is 29.1 Å². The van der Waals surface area contributed by atoms with E-state index in [1.165, 1.54) is 15.8 Å². The maximum atomic E-state index is 14.7. The second-order valence-electron chi connectivity index (χ2n) is 14.5. The summed E-state index contributed by atoms with van der Waals surface area (Å²) in [4.78, 5) is 68.7. The number of benzene rings is 2. The van der Waals surface area contributed by atoms with E-state index >= 15 is 0 Å². The summed E-state index contributed by atoms with van der Waals surface area (Å²) in [5.74, 6) is -3.17. The van der Waals surface area contributed by atoms with E-state index in [0.29, 0.717) is 24.1 Å². The summed E-state index contributed by atoms with van der Waals surface area (Å²) in [5, 5.41) is 26.7. The van der Waals surface area contributed by atoms with Crippen molar-refractivity contribution in [1.82, 2.24) is 30.5 Å². The molecule has 3 atom stereocenters. The number of aliphatic hydroxyl groups is 1. The maximum absolute atomic E-state index is 14.7. The molecule has 3 fully saturated rings. The number of nitrogens with two attached hydrogens (primary N) is 1. The first-order valence-electron chi connectivity index (χ1n) is 17.3. The molecule has 2 aromatic carbocycles. The van der Waals surface area contributed by atoms with Gasteiger partial charge in [0.25, 0.3) is 11.8 Å². The molecule has 13 nitrogen and oxygen atoms in total. The number of Topliss-reactive ketones (excluding diaryl/α,β-unsaturated/α-hetero) is 1. The van der Waals surface area contributed by atoms with Gasteiger partial charge in [-0.25, -0.2) is 4.68 Å². The van der Waals surface area contributed by atoms with Crippen molar-refractivity contribution >= 4 is 40.2 Å². The van der Waals surface area contributed by atoms with Gasteiger partial charge < -0.3 is 26.4 Å². The Morgan fingerprint density at radius 3 is 2.39 bits per heavy atom. The van der Waals surface area contributed by atoms with Gasteiger partial charge in [0.15, 0.2) is 0 Å². The van der Waals surface area contributed by atoms with Crippen LogP contribution in [0.1, 0.15) is 100 Å². The highest BCUT2D eigenvalue weighted by atomic mass is 16.3. The van der Waals surface area contributed by atoms with Gasteiger partial charge in [-0.15, -0.1) is 5.10 Å². The van der Waals surface area contributed by atoms with Crippen molar-refractivity contribution in [3.8, 4) is 0 Å². The molecule has 1 aliphatic heterocycles. The van der Waals surface area contributed by atoms with Gasteiger partial charge in [0.2, 0.25) is 17.6 Å². The van der Waals surface area contributed by atoms with Crippen LogP contribution in [0.3, 0.4) is 0 Å². The molecule has 6 rings (SSSR count). The van der Waals surface area contributed by atoms with Gasteiger partial charge in [-0.1, -0.05) is 67.6 Å². The van der Waals surface area contributed by atoms with Crippen LogP contribution in [0.25, 0.3) is 10.8 Å². The normalized spacial score (nSPS) is 21.5. The summed E-state index contributed by atoms with van der Waals surface area (Å²) in [6.45, 7) is 3.25. The quantitative estimate of drug-likeness (QED) is 0.224. The van der Waals surface area contributed by atoms with Crippen molar-refractivity contribution in [2.45, 2.75) is 107 Å². The fraction of sp³-hybridized carbons (Fsp3) is 0.528. The number of nitrogens with zero attached hydrogens (tertiary/aromatic N) is 4. The number of hydrogen-bond acceptors (Lipinski definition) is 8. The molecular weight excluding hydrogens is 626 g/mol. The Bertz CT molecular complexity index is 1750. The summed E-state index contributed by atoms with van der Waals surface area (Å²) in [6, 6.07) is 10.6. The predicted octanol–water partition coefficient (Wildman–Crippen LogP) is 2.66. The predicted molar refractivity (Wildman–Crippen MR) is 180 cm³/mol. The smallest absolute Gasteiger partial charge is 0.287 e. The van der Waals surface area contributed by atoms with Crippen LogP contribution < -0.4 is 16.4 Å². The van der Waals surface area contributed by atoms with E-state index in [1.54, 1.807) is 26.0 Å². The summed E-state index contributed by atoms with van der Waals surface area (Å²) in [7, 11) is 0. The van der Waals surface area contributed by atoms with Crippen molar-refractivity contribution in [2.75, 3.05) is 6.54 Å². The number of likely N-dealkylation sites (tertiary alicyclic amines) is 1. The number of carbonyl (C=O) groups excluding carboxylic acids is 5. The van der Waals surface area contributed by atoms with Crippen LogP contribution >= 0.6 is 0 Å². The summed E-state index contributed by atoms with van der Waals surface area (Å²) >= 11 is 0. The molecule has 2 saturated carbocycles. The average molecular weight is 672 g/mol. The zero-order valence-electron chi connectivity index (χ0n) is 28.1. The van der Waals surface area contributed by atoms with Crippen molar-refractivity contribution in [3.63, 3.8) is 0 Å². The number of carbonyl (C=O) groups is 5. The second kappa shape index (κ2) is 13.7. The molecule has 260 valence electrons. The van der Waals surface area contributed by atoms with E-state index in [2.05, 4.69) is 20.9 Å². The Balaban J connectivity index is 1.32. The van der Waals surface area contributed by atoms with Crippen LogP contribution in [0.15, 0.2) is 48.7 Å². The Hall–Kier alpha value is -4.65. The molecule has 0 radical (unpaired) electrons. The highest BCUT2D eigenvalue weighted by molar-refractivity contribution is 6.39. The van der Waals surface area contributed by atoms with E-state index in [4.69, 9.17) is 5.73 Å². The Labute approximate surface area is 285 Å². The molecule has 2 aliphatic carbocycles. The first-order valence-corrected chi connectivity index (χ1v) is 17.3. The minimum atomic E-state index is -1.41. The third-order valence-corrected chi connectivity index (χ3v) is 10.5. The first kappa shape index (κ1) is 34.2. The van der Waals surface area contributed by atoms with Crippen LogP contribution in [0, 0.1) is 5.92 Å². The monoisotopic (exact) mass is 671 g/mol. The third-order valence-electron chi connectivity index (χ3n) is 10.5. The van der Waals surface area contributed by atoms with Crippen molar-refractivity contribution in [1.29, 1.82) is 0 Å². The number of primary amides is 1. The molecule has 0 bridgehead atoms. The lowest BCUT2D eigenvalue weighted by Crippen LogP contribution is -2.65.